The van der Waals surface area contributed by atoms with Crippen molar-refractivity contribution in [3.63, 3.8) is 0 Å². The van der Waals surface area contributed by atoms with E-state index in [-0.39, 0.29) is 15.5 Å². The number of pyridine rings is 1. The Bertz CT molecular complexity index is 1270. The van der Waals surface area contributed by atoms with Crippen LogP contribution >= 0.6 is 11.3 Å². The molecule has 0 amide bonds. The number of aromatic nitrogens is 2. The van der Waals surface area contributed by atoms with E-state index in [1.807, 2.05) is 24.3 Å². The largest absolute Gasteiger partial charge is 0.307 e. The summed E-state index contributed by atoms with van der Waals surface area (Å²) in [6.45, 7) is 0. The third-order valence-electron chi connectivity index (χ3n) is 4.15. The normalized spacial score (nSPS) is 12.0. The molecule has 0 atom stereocenters. The molecular weight excluding hydrogens is 356 g/mol. The summed E-state index contributed by atoms with van der Waals surface area (Å²) < 4.78 is 27.8. The highest BCUT2D eigenvalue weighted by Crippen LogP contribution is 2.24. The van der Waals surface area contributed by atoms with Crippen LogP contribution in [-0.2, 0) is 22.6 Å². The minimum atomic E-state index is -3.50. The third kappa shape index (κ3) is 2.85. The minimum absolute atomic E-state index is 0.0922. The lowest BCUT2D eigenvalue weighted by molar-refractivity contribution is 0.595. The molecule has 0 spiro atoms. The Balaban J connectivity index is 1.74. The first-order chi connectivity index (χ1) is 11.9. The molecule has 2 aromatic heterocycles. The molecule has 0 N–H and O–H groups in total. The summed E-state index contributed by atoms with van der Waals surface area (Å²) in [4.78, 5) is 16.1. The highest BCUT2D eigenvalue weighted by atomic mass is 32.2. The van der Waals surface area contributed by atoms with E-state index < -0.39 is 9.84 Å². The second-order valence-corrected chi connectivity index (χ2v) is 8.83. The second-order valence-electron chi connectivity index (χ2n) is 5.85. The zero-order chi connectivity index (χ0) is 17.6. The number of fused-ring (bicyclic) bond motifs is 2. The van der Waals surface area contributed by atoms with Crippen molar-refractivity contribution in [1.29, 1.82) is 0 Å². The van der Waals surface area contributed by atoms with Gasteiger partial charge >= 0.3 is 4.87 Å². The Kier molecular flexibility index (Phi) is 3.70. The highest BCUT2D eigenvalue weighted by Gasteiger charge is 2.17. The van der Waals surface area contributed by atoms with Crippen molar-refractivity contribution >= 4 is 42.3 Å². The molecule has 4 aromatic rings. The maximum atomic E-state index is 12.8. The van der Waals surface area contributed by atoms with Gasteiger partial charge in [-0.2, -0.15) is 0 Å². The summed E-state index contributed by atoms with van der Waals surface area (Å²) in [6, 6.07) is 14.0. The number of sulfone groups is 1. The molecule has 0 bridgehead atoms. The second kappa shape index (κ2) is 5.79. The Labute approximate surface area is 148 Å². The van der Waals surface area contributed by atoms with E-state index in [1.165, 1.54) is 4.57 Å². The van der Waals surface area contributed by atoms with Gasteiger partial charge in [0.15, 0.2) is 9.84 Å². The summed E-state index contributed by atoms with van der Waals surface area (Å²) in [5.41, 5.74) is 2.28. The summed E-state index contributed by atoms with van der Waals surface area (Å²) in [6.07, 6.45) is 1.71. The Morgan fingerprint density at radius 3 is 2.80 bits per heavy atom. The fraction of sp³-hybridized carbons (Fsp3) is 0.111. The lowest BCUT2D eigenvalue weighted by atomic mass is 10.1. The number of rotatable bonds is 3. The predicted molar refractivity (Wildman–Crippen MR) is 99.7 cm³/mol. The molecule has 7 heteroatoms. The van der Waals surface area contributed by atoms with Gasteiger partial charge in [-0.25, -0.2) is 8.42 Å². The number of benzene rings is 2. The van der Waals surface area contributed by atoms with Crippen molar-refractivity contribution in [3.8, 4) is 0 Å². The van der Waals surface area contributed by atoms with Crippen LogP contribution < -0.4 is 4.87 Å². The number of hydrogen-bond acceptors (Lipinski definition) is 5. The van der Waals surface area contributed by atoms with Crippen LogP contribution in [0.1, 0.15) is 5.56 Å². The molecule has 5 nitrogen and oxygen atoms in total. The topological polar surface area (TPSA) is 69.0 Å². The van der Waals surface area contributed by atoms with Crippen molar-refractivity contribution < 1.29 is 8.42 Å². The van der Waals surface area contributed by atoms with Crippen molar-refractivity contribution in [1.82, 2.24) is 9.55 Å². The van der Waals surface area contributed by atoms with Gasteiger partial charge in [0.05, 0.1) is 26.4 Å². The number of hydrogen-bond donors (Lipinski definition) is 0. The molecule has 2 aromatic carbocycles. The van der Waals surface area contributed by atoms with Crippen molar-refractivity contribution in [3.05, 3.63) is 70.0 Å². The summed E-state index contributed by atoms with van der Waals surface area (Å²) in [7, 11) is -1.82. The highest BCUT2D eigenvalue weighted by molar-refractivity contribution is 7.90. The standard InChI is InChI=1S/C18H14N2O3S2/c1-20-16-7-5-14(10-17(16)24-18(20)21)25(22,23)11-12-4-6-15-13(9-12)3-2-8-19-15/h2-10H,11H2,1H3. The fourth-order valence-electron chi connectivity index (χ4n) is 2.83. The van der Waals surface area contributed by atoms with Crippen molar-refractivity contribution in [2.45, 2.75) is 10.6 Å². The smallest absolute Gasteiger partial charge is 0.302 e. The lowest BCUT2D eigenvalue weighted by Gasteiger charge is -2.06. The van der Waals surface area contributed by atoms with E-state index in [0.717, 1.165) is 27.8 Å². The van der Waals surface area contributed by atoms with Gasteiger partial charge in [-0.15, -0.1) is 0 Å². The predicted octanol–water partition coefficient (Wildman–Crippen LogP) is 3.12. The first kappa shape index (κ1) is 16.0. The van der Waals surface area contributed by atoms with Crippen LogP contribution in [0.3, 0.4) is 0 Å². The van der Waals surface area contributed by atoms with Crippen LogP contribution in [0.4, 0.5) is 0 Å². The molecule has 4 rings (SSSR count). The molecule has 0 radical (unpaired) electrons. The van der Waals surface area contributed by atoms with Crippen LogP contribution in [0.15, 0.2) is 64.4 Å². The Morgan fingerprint density at radius 1 is 1.12 bits per heavy atom. The molecule has 0 aliphatic heterocycles. The number of thiazole rings is 1. The average Bonchev–Trinajstić information content (AvgIpc) is 2.88. The van der Waals surface area contributed by atoms with Crippen LogP contribution in [0.2, 0.25) is 0 Å². The maximum absolute atomic E-state index is 12.8. The van der Waals surface area contributed by atoms with E-state index in [0.29, 0.717) is 10.3 Å². The molecule has 0 saturated heterocycles. The maximum Gasteiger partial charge on any atom is 0.307 e. The lowest BCUT2D eigenvalue weighted by Crippen LogP contribution is -2.07. The summed E-state index contributed by atoms with van der Waals surface area (Å²) in [5, 5.41) is 0.909. The van der Waals surface area contributed by atoms with Gasteiger partial charge in [-0.3, -0.25) is 9.78 Å². The quantitative estimate of drug-likeness (QED) is 0.556. The SMILES string of the molecule is Cn1c(=O)sc2cc(S(=O)(=O)Cc3ccc4ncccc4c3)ccc21. The molecule has 0 fully saturated rings. The molecule has 0 aliphatic rings. The van der Waals surface area contributed by atoms with Gasteiger partial charge in [0, 0.05) is 18.6 Å². The van der Waals surface area contributed by atoms with Crippen molar-refractivity contribution in [2.75, 3.05) is 0 Å². The van der Waals surface area contributed by atoms with Crippen LogP contribution in [-0.4, -0.2) is 18.0 Å². The Hall–Kier alpha value is -2.51. The molecule has 0 unspecified atom stereocenters. The monoisotopic (exact) mass is 370 g/mol. The summed E-state index contributed by atoms with van der Waals surface area (Å²) in [5.74, 6) is -0.0922. The van der Waals surface area contributed by atoms with Gasteiger partial charge in [0.25, 0.3) is 0 Å². The molecular formula is C18H14N2O3S2. The Morgan fingerprint density at radius 2 is 1.96 bits per heavy atom. The summed E-state index contributed by atoms with van der Waals surface area (Å²) >= 11 is 1.05. The van der Waals surface area contributed by atoms with Crippen molar-refractivity contribution in [2.24, 2.45) is 7.05 Å². The van der Waals surface area contributed by atoms with E-state index in [4.69, 9.17) is 0 Å². The van der Waals surface area contributed by atoms with Crippen LogP contribution in [0, 0.1) is 0 Å². The third-order valence-corrected chi connectivity index (χ3v) is 6.83. The van der Waals surface area contributed by atoms with Gasteiger partial charge < -0.3 is 4.57 Å². The fourth-order valence-corrected chi connectivity index (χ4v) is 5.18. The van der Waals surface area contributed by atoms with Gasteiger partial charge in [-0.1, -0.05) is 23.5 Å². The first-order valence-electron chi connectivity index (χ1n) is 7.60. The molecule has 0 saturated carbocycles. The van der Waals surface area contributed by atoms with E-state index >= 15 is 0 Å². The van der Waals surface area contributed by atoms with E-state index in [9.17, 15) is 13.2 Å². The van der Waals surface area contributed by atoms with E-state index in [1.54, 1.807) is 37.5 Å². The molecule has 0 aliphatic carbocycles. The van der Waals surface area contributed by atoms with Gasteiger partial charge in [0.1, 0.15) is 0 Å². The first-order valence-corrected chi connectivity index (χ1v) is 10.1. The number of aryl methyl sites for hydroxylation is 1. The molecule has 126 valence electrons. The zero-order valence-electron chi connectivity index (χ0n) is 13.3. The zero-order valence-corrected chi connectivity index (χ0v) is 15.0. The van der Waals surface area contributed by atoms with Crippen LogP contribution in [0.25, 0.3) is 21.1 Å². The number of nitrogens with zero attached hydrogens (tertiary/aromatic N) is 2. The van der Waals surface area contributed by atoms with E-state index in [2.05, 4.69) is 4.98 Å². The molecule has 25 heavy (non-hydrogen) atoms. The van der Waals surface area contributed by atoms with Crippen LogP contribution in [0.5, 0.6) is 0 Å². The minimum Gasteiger partial charge on any atom is -0.302 e. The van der Waals surface area contributed by atoms with Gasteiger partial charge in [0.2, 0.25) is 0 Å². The molecule has 2 heterocycles. The van der Waals surface area contributed by atoms with Gasteiger partial charge in [-0.05, 0) is 42.0 Å². The average molecular weight is 370 g/mol.